The zero-order chi connectivity index (χ0) is 14.9. The highest BCUT2D eigenvalue weighted by molar-refractivity contribution is 9.10. The smallest absolute Gasteiger partial charge is 0.256 e. The van der Waals surface area contributed by atoms with Gasteiger partial charge in [0, 0.05) is 15.7 Å². The summed E-state index contributed by atoms with van der Waals surface area (Å²) < 4.78 is 27.6. The van der Waals surface area contributed by atoms with Crippen LogP contribution in [0.25, 0.3) is 0 Å². The summed E-state index contributed by atoms with van der Waals surface area (Å²) in [6, 6.07) is 6.93. The average molecular weight is 341 g/mol. The van der Waals surface area contributed by atoms with Crippen LogP contribution in [0.1, 0.15) is 15.9 Å². The number of rotatable bonds is 2. The second-order valence-corrected chi connectivity index (χ2v) is 5.13. The number of anilines is 2. The van der Waals surface area contributed by atoms with E-state index >= 15 is 0 Å². The molecule has 1 amide bonds. The molecule has 3 nitrogen and oxygen atoms in total. The second kappa shape index (κ2) is 5.58. The Bertz CT molecular complexity index is 666. The van der Waals surface area contributed by atoms with E-state index in [1.54, 1.807) is 19.1 Å². The van der Waals surface area contributed by atoms with Crippen molar-refractivity contribution in [2.45, 2.75) is 6.92 Å². The van der Waals surface area contributed by atoms with Gasteiger partial charge in [-0.25, -0.2) is 8.78 Å². The zero-order valence-corrected chi connectivity index (χ0v) is 12.1. The van der Waals surface area contributed by atoms with Gasteiger partial charge in [-0.15, -0.1) is 0 Å². The van der Waals surface area contributed by atoms with Gasteiger partial charge in [0.25, 0.3) is 5.91 Å². The Morgan fingerprint density at radius 1 is 1.25 bits per heavy atom. The van der Waals surface area contributed by atoms with E-state index in [9.17, 15) is 13.6 Å². The molecule has 2 aromatic rings. The van der Waals surface area contributed by atoms with Gasteiger partial charge in [0.15, 0.2) is 11.6 Å². The number of nitrogen functional groups attached to an aromatic ring is 1. The molecule has 2 rings (SSSR count). The molecule has 20 heavy (non-hydrogen) atoms. The van der Waals surface area contributed by atoms with Crippen molar-refractivity contribution in [3.63, 3.8) is 0 Å². The van der Waals surface area contributed by atoms with E-state index < -0.39 is 23.2 Å². The SMILES string of the molecule is Cc1c(N)cccc1C(=O)Nc1c(F)cc(Br)cc1F. The molecular formula is C14H11BrF2N2O. The number of hydrogen-bond acceptors (Lipinski definition) is 2. The van der Waals surface area contributed by atoms with Crippen LogP contribution in [-0.4, -0.2) is 5.91 Å². The summed E-state index contributed by atoms with van der Waals surface area (Å²) in [6.45, 7) is 1.67. The number of nitrogens with one attached hydrogen (secondary N) is 1. The molecule has 0 aliphatic carbocycles. The largest absolute Gasteiger partial charge is 0.398 e. The molecule has 0 bridgehead atoms. The van der Waals surface area contributed by atoms with Crippen LogP contribution in [0.3, 0.4) is 0 Å². The molecule has 0 atom stereocenters. The lowest BCUT2D eigenvalue weighted by Crippen LogP contribution is -2.16. The van der Waals surface area contributed by atoms with E-state index in [-0.39, 0.29) is 10.0 Å². The third kappa shape index (κ3) is 2.80. The first-order valence-corrected chi connectivity index (χ1v) is 6.50. The van der Waals surface area contributed by atoms with Crippen LogP contribution in [0.15, 0.2) is 34.8 Å². The molecule has 0 aliphatic rings. The van der Waals surface area contributed by atoms with E-state index in [0.717, 1.165) is 12.1 Å². The van der Waals surface area contributed by atoms with E-state index in [0.29, 0.717) is 11.3 Å². The summed E-state index contributed by atoms with van der Waals surface area (Å²) in [5, 5.41) is 2.22. The molecule has 0 aliphatic heterocycles. The molecule has 0 radical (unpaired) electrons. The van der Waals surface area contributed by atoms with Crippen molar-refractivity contribution in [1.29, 1.82) is 0 Å². The van der Waals surface area contributed by atoms with Crippen molar-refractivity contribution in [1.82, 2.24) is 0 Å². The number of halogens is 3. The number of nitrogens with two attached hydrogens (primary N) is 1. The van der Waals surface area contributed by atoms with Gasteiger partial charge in [-0.2, -0.15) is 0 Å². The van der Waals surface area contributed by atoms with Crippen molar-refractivity contribution in [2.75, 3.05) is 11.1 Å². The molecule has 6 heteroatoms. The lowest BCUT2D eigenvalue weighted by Gasteiger charge is -2.11. The summed E-state index contributed by atoms with van der Waals surface area (Å²) >= 11 is 2.97. The summed E-state index contributed by atoms with van der Waals surface area (Å²) in [7, 11) is 0. The van der Waals surface area contributed by atoms with Crippen LogP contribution in [0.5, 0.6) is 0 Å². The van der Waals surface area contributed by atoms with Crippen LogP contribution in [0.2, 0.25) is 0 Å². The maximum absolute atomic E-state index is 13.7. The van der Waals surface area contributed by atoms with Crippen LogP contribution >= 0.6 is 15.9 Å². The fourth-order valence-corrected chi connectivity index (χ4v) is 2.14. The van der Waals surface area contributed by atoms with E-state index in [1.165, 1.54) is 6.07 Å². The van der Waals surface area contributed by atoms with Gasteiger partial charge in [0.1, 0.15) is 5.69 Å². The molecule has 0 spiro atoms. The van der Waals surface area contributed by atoms with Crippen molar-refractivity contribution >= 4 is 33.2 Å². The Morgan fingerprint density at radius 3 is 2.45 bits per heavy atom. The van der Waals surface area contributed by atoms with Gasteiger partial charge < -0.3 is 11.1 Å². The minimum absolute atomic E-state index is 0.255. The number of benzene rings is 2. The standard InChI is InChI=1S/C14H11BrF2N2O/c1-7-9(3-2-4-12(7)18)14(20)19-13-10(16)5-8(15)6-11(13)17/h2-6H,18H2,1H3,(H,19,20). The maximum atomic E-state index is 13.7. The highest BCUT2D eigenvalue weighted by Gasteiger charge is 2.16. The number of carbonyl (C=O) groups is 1. The van der Waals surface area contributed by atoms with Crippen LogP contribution in [0, 0.1) is 18.6 Å². The van der Waals surface area contributed by atoms with Crippen molar-refractivity contribution < 1.29 is 13.6 Å². The molecule has 0 fully saturated rings. The second-order valence-electron chi connectivity index (χ2n) is 4.22. The van der Waals surface area contributed by atoms with Crippen molar-refractivity contribution in [3.05, 3.63) is 57.6 Å². The summed E-state index contributed by atoms with van der Waals surface area (Å²) in [5.41, 5.74) is 6.48. The first kappa shape index (κ1) is 14.5. The summed E-state index contributed by atoms with van der Waals surface area (Å²) in [4.78, 5) is 12.1. The average Bonchev–Trinajstić information content (AvgIpc) is 2.36. The van der Waals surface area contributed by atoms with Crippen molar-refractivity contribution in [2.24, 2.45) is 0 Å². The predicted molar refractivity (Wildman–Crippen MR) is 77.6 cm³/mol. The zero-order valence-electron chi connectivity index (χ0n) is 10.5. The molecule has 0 heterocycles. The molecule has 0 saturated heterocycles. The third-order valence-corrected chi connectivity index (χ3v) is 3.32. The normalized spacial score (nSPS) is 10.4. The highest BCUT2D eigenvalue weighted by atomic mass is 79.9. The molecule has 0 unspecified atom stereocenters. The lowest BCUT2D eigenvalue weighted by molar-refractivity contribution is 0.102. The van der Waals surface area contributed by atoms with Gasteiger partial charge in [-0.05, 0) is 36.8 Å². The minimum atomic E-state index is -0.855. The van der Waals surface area contributed by atoms with Gasteiger partial charge >= 0.3 is 0 Å². The Morgan fingerprint density at radius 2 is 1.85 bits per heavy atom. The first-order valence-electron chi connectivity index (χ1n) is 5.71. The fraction of sp³-hybridized carbons (Fsp3) is 0.0714. The molecule has 3 N–H and O–H groups in total. The predicted octanol–water partition coefficient (Wildman–Crippen LogP) is 3.87. The third-order valence-electron chi connectivity index (χ3n) is 2.87. The van der Waals surface area contributed by atoms with Crippen LogP contribution in [0.4, 0.5) is 20.2 Å². The lowest BCUT2D eigenvalue weighted by atomic mass is 10.1. The first-order chi connectivity index (χ1) is 9.40. The van der Waals surface area contributed by atoms with E-state index in [2.05, 4.69) is 21.2 Å². The maximum Gasteiger partial charge on any atom is 0.256 e. The molecule has 104 valence electrons. The van der Waals surface area contributed by atoms with Crippen LogP contribution < -0.4 is 11.1 Å². The topological polar surface area (TPSA) is 55.1 Å². The quantitative estimate of drug-likeness (QED) is 0.815. The molecule has 2 aromatic carbocycles. The Balaban J connectivity index is 2.36. The van der Waals surface area contributed by atoms with Crippen LogP contribution in [-0.2, 0) is 0 Å². The molecule has 0 aromatic heterocycles. The number of amides is 1. The van der Waals surface area contributed by atoms with E-state index in [4.69, 9.17) is 5.73 Å². The number of hydrogen-bond donors (Lipinski definition) is 2. The van der Waals surface area contributed by atoms with Gasteiger partial charge in [0.05, 0.1) is 0 Å². The summed E-state index contributed by atoms with van der Waals surface area (Å²) in [5.74, 6) is -2.33. The van der Waals surface area contributed by atoms with Crippen molar-refractivity contribution in [3.8, 4) is 0 Å². The van der Waals surface area contributed by atoms with Gasteiger partial charge in [-0.3, -0.25) is 4.79 Å². The van der Waals surface area contributed by atoms with E-state index in [1.807, 2.05) is 0 Å². The molecular weight excluding hydrogens is 330 g/mol. The molecule has 0 saturated carbocycles. The minimum Gasteiger partial charge on any atom is -0.398 e. The monoisotopic (exact) mass is 340 g/mol. The Labute approximate surface area is 122 Å². The number of carbonyl (C=O) groups excluding carboxylic acids is 1. The Hall–Kier alpha value is -1.95. The van der Waals surface area contributed by atoms with Gasteiger partial charge in [0.2, 0.25) is 0 Å². The Kier molecular flexibility index (Phi) is 4.04. The van der Waals surface area contributed by atoms with Gasteiger partial charge in [-0.1, -0.05) is 22.0 Å². The summed E-state index contributed by atoms with van der Waals surface area (Å²) in [6.07, 6.45) is 0. The highest BCUT2D eigenvalue weighted by Crippen LogP contribution is 2.25. The fourth-order valence-electron chi connectivity index (χ4n) is 1.74.